The molecule has 14 nitrogen and oxygen atoms in total. The fraction of sp³-hybridized carbons (Fsp3) is 0.478. The quantitative estimate of drug-likeness (QED) is 0.133. The maximum absolute atomic E-state index is 12.6. The Morgan fingerprint density at radius 1 is 0.895 bits per heavy atom. The van der Waals surface area contributed by atoms with Gasteiger partial charge in [0.05, 0.1) is 12.1 Å². The van der Waals surface area contributed by atoms with Gasteiger partial charge in [0.2, 0.25) is 5.91 Å². The van der Waals surface area contributed by atoms with Gasteiger partial charge in [-0.1, -0.05) is 11.6 Å². The number of urea groups is 1. The number of carboxylic acid groups (broad SMARTS) is 3. The second-order valence-corrected chi connectivity index (χ2v) is 8.49. The summed E-state index contributed by atoms with van der Waals surface area (Å²) in [7, 11) is 0. The first-order chi connectivity index (χ1) is 17.9. The monoisotopic (exact) mass is 558 g/mol. The minimum absolute atomic E-state index is 0.00998. The summed E-state index contributed by atoms with van der Waals surface area (Å²) in [5.74, 6) is -4.49. The minimum atomic E-state index is -1.50. The first-order valence-corrected chi connectivity index (χ1v) is 12.0. The smallest absolute Gasteiger partial charge is 0.326 e. The molecule has 0 heterocycles. The summed E-state index contributed by atoms with van der Waals surface area (Å²) in [5.41, 5.74) is 0.217. The normalized spacial score (nSPS) is 11.9. The molecule has 0 spiro atoms. The maximum atomic E-state index is 12.6. The highest BCUT2D eigenvalue weighted by molar-refractivity contribution is 6.30. The minimum Gasteiger partial charge on any atom is -0.491 e. The number of benzene rings is 1. The molecule has 0 bridgehead atoms. The van der Waals surface area contributed by atoms with Crippen molar-refractivity contribution in [1.82, 2.24) is 21.3 Å². The standard InChI is InChI=1S/C23H31ClN4O10/c1-13(29)25-10-11-38-18-12-14(24)5-6-15(18)20(32)26-9-3-2-4-16(21(33)34)27-23(37)28-17(22(35)36)7-8-19(30)31/h5-6,12,16-17H,2-4,7-11H2,1H3,(H,25,29)(H,26,32)(H,30,31)(H,33,34)(H,35,36)(H2,27,28,37)/t16-,17-/m0/s1. The van der Waals surface area contributed by atoms with E-state index in [1.807, 2.05) is 5.32 Å². The van der Waals surface area contributed by atoms with Crippen LogP contribution in [0.1, 0.15) is 49.4 Å². The molecule has 0 aromatic heterocycles. The summed E-state index contributed by atoms with van der Waals surface area (Å²) in [6.07, 6.45) is -0.220. The average molecular weight is 559 g/mol. The molecule has 0 fully saturated rings. The molecule has 1 aromatic rings. The Hall–Kier alpha value is -4.07. The summed E-state index contributed by atoms with van der Waals surface area (Å²) in [6, 6.07) is 0.575. The Labute approximate surface area is 223 Å². The third-order valence-electron chi connectivity index (χ3n) is 4.98. The molecule has 0 saturated heterocycles. The van der Waals surface area contributed by atoms with Crippen LogP contribution in [0.4, 0.5) is 4.79 Å². The van der Waals surface area contributed by atoms with E-state index in [2.05, 4.69) is 16.0 Å². The summed E-state index contributed by atoms with van der Waals surface area (Å²) in [5, 5.41) is 36.9. The van der Waals surface area contributed by atoms with Gasteiger partial charge in [-0.3, -0.25) is 14.4 Å². The molecule has 0 aliphatic heterocycles. The predicted octanol–water partition coefficient (Wildman–Crippen LogP) is 0.825. The van der Waals surface area contributed by atoms with Gasteiger partial charge in [-0.15, -0.1) is 0 Å². The van der Waals surface area contributed by atoms with Gasteiger partial charge in [0, 0.05) is 24.9 Å². The van der Waals surface area contributed by atoms with Crippen LogP contribution in [0.5, 0.6) is 5.75 Å². The first kappa shape index (κ1) is 32.0. The second kappa shape index (κ2) is 16.6. The lowest BCUT2D eigenvalue weighted by Crippen LogP contribution is -2.51. The maximum Gasteiger partial charge on any atom is 0.326 e. The third-order valence-corrected chi connectivity index (χ3v) is 5.22. The van der Waals surface area contributed by atoms with E-state index in [1.165, 1.54) is 25.1 Å². The highest BCUT2D eigenvalue weighted by Crippen LogP contribution is 2.23. The van der Waals surface area contributed by atoms with Crippen molar-refractivity contribution in [3.05, 3.63) is 28.8 Å². The van der Waals surface area contributed by atoms with Gasteiger partial charge in [-0.05, 0) is 43.9 Å². The number of aliphatic carboxylic acids is 3. The number of unbranched alkanes of at least 4 members (excludes halogenated alkanes) is 1. The first-order valence-electron chi connectivity index (χ1n) is 11.6. The van der Waals surface area contributed by atoms with Crippen LogP contribution in [0, 0.1) is 0 Å². The molecular weight excluding hydrogens is 528 g/mol. The number of carbonyl (C=O) groups is 6. The fourth-order valence-corrected chi connectivity index (χ4v) is 3.26. The Bertz CT molecular complexity index is 1020. The van der Waals surface area contributed by atoms with Crippen LogP contribution in [-0.4, -0.2) is 82.9 Å². The number of rotatable bonds is 17. The number of carbonyl (C=O) groups excluding carboxylic acids is 3. The number of carboxylic acids is 3. The highest BCUT2D eigenvalue weighted by atomic mass is 35.5. The lowest BCUT2D eigenvalue weighted by molar-refractivity contribution is -0.140. The van der Waals surface area contributed by atoms with E-state index in [-0.39, 0.29) is 49.8 Å². The van der Waals surface area contributed by atoms with E-state index in [4.69, 9.17) is 26.6 Å². The Balaban J connectivity index is 2.53. The van der Waals surface area contributed by atoms with Crippen LogP contribution in [0.25, 0.3) is 0 Å². The van der Waals surface area contributed by atoms with Gasteiger partial charge in [0.25, 0.3) is 5.91 Å². The molecule has 0 aliphatic rings. The Morgan fingerprint density at radius 2 is 1.53 bits per heavy atom. The molecule has 38 heavy (non-hydrogen) atoms. The van der Waals surface area contributed by atoms with Crippen molar-refractivity contribution < 1.29 is 48.8 Å². The molecule has 0 saturated carbocycles. The molecule has 0 unspecified atom stereocenters. The zero-order chi connectivity index (χ0) is 28.7. The second-order valence-electron chi connectivity index (χ2n) is 8.06. The number of nitrogens with one attached hydrogen (secondary N) is 4. The van der Waals surface area contributed by atoms with Crippen molar-refractivity contribution in [1.29, 1.82) is 0 Å². The SMILES string of the molecule is CC(=O)NCCOc1cc(Cl)ccc1C(=O)NCCCC[C@H](NC(=O)N[C@@H](CCC(=O)O)C(=O)O)C(=O)O. The van der Waals surface area contributed by atoms with E-state index >= 15 is 0 Å². The van der Waals surface area contributed by atoms with Crippen molar-refractivity contribution in [3.8, 4) is 5.75 Å². The zero-order valence-electron chi connectivity index (χ0n) is 20.6. The van der Waals surface area contributed by atoms with E-state index in [0.29, 0.717) is 17.9 Å². The molecule has 15 heteroatoms. The number of hydrogen-bond donors (Lipinski definition) is 7. The van der Waals surface area contributed by atoms with Crippen molar-refractivity contribution in [2.75, 3.05) is 19.7 Å². The molecule has 7 N–H and O–H groups in total. The van der Waals surface area contributed by atoms with Gasteiger partial charge < -0.3 is 41.3 Å². The molecular formula is C23H31ClN4O10. The van der Waals surface area contributed by atoms with Crippen LogP contribution in [0.15, 0.2) is 18.2 Å². The zero-order valence-corrected chi connectivity index (χ0v) is 21.4. The van der Waals surface area contributed by atoms with Crippen molar-refractivity contribution in [2.45, 2.75) is 51.1 Å². The van der Waals surface area contributed by atoms with Crippen LogP contribution in [-0.2, 0) is 19.2 Å². The van der Waals surface area contributed by atoms with E-state index in [9.17, 15) is 33.9 Å². The van der Waals surface area contributed by atoms with E-state index in [0.717, 1.165) is 0 Å². The fourth-order valence-electron chi connectivity index (χ4n) is 3.10. The average Bonchev–Trinajstić information content (AvgIpc) is 2.82. The number of ether oxygens (including phenoxy) is 1. The van der Waals surface area contributed by atoms with E-state index < -0.39 is 48.4 Å². The number of hydrogen-bond acceptors (Lipinski definition) is 7. The Morgan fingerprint density at radius 3 is 2.11 bits per heavy atom. The van der Waals surface area contributed by atoms with Gasteiger partial charge in [0.15, 0.2) is 0 Å². The van der Waals surface area contributed by atoms with Crippen LogP contribution < -0.4 is 26.0 Å². The molecule has 1 rings (SSSR count). The van der Waals surface area contributed by atoms with Gasteiger partial charge >= 0.3 is 23.9 Å². The molecule has 0 radical (unpaired) electrons. The highest BCUT2D eigenvalue weighted by Gasteiger charge is 2.24. The lowest BCUT2D eigenvalue weighted by Gasteiger charge is -2.18. The van der Waals surface area contributed by atoms with Crippen LogP contribution in [0.3, 0.4) is 0 Å². The molecule has 0 aliphatic carbocycles. The molecule has 4 amide bonds. The van der Waals surface area contributed by atoms with Crippen molar-refractivity contribution in [3.63, 3.8) is 0 Å². The summed E-state index contributed by atoms with van der Waals surface area (Å²) in [6.45, 7) is 1.90. The van der Waals surface area contributed by atoms with E-state index in [1.54, 1.807) is 0 Å². The lowest BCUT2D eigenvalue weighted by atomic mass is 10.1. The molecule has 210 valence electrons. The van der Waals surface area contributed by atoms with Crippen molar-refractivity contribution in [2.24, 2.45) is 0 Å². The number of amides is 4. The summed E-state index contributed by atoms with van der Waals surface area (Å²) in [4.78, 5) is 68.9. The van der Waals surface area contributed by atoms with Gasteiger partial charge in [-0.25, -0.2) is 14.4 Å². The topological polar surface area (TPSA) is 220 Å². The summed E-state index contributed by atoms with van der Waals surface area (Å²) >= 11 is 5.98. The Kier molecular flexibility index (Phi) is 14.0. The van der Waals surface area contributed by atoms with Crippen molar-refractivity contribution >= 4 is 47.4 Å². The molecule has 2 atom stereocenters. The summed E-state index contributed by atoms with van der Waals surface area (Å²) < 4.78 is 5.54. The van der Waals surface area contributed by atoms with Gasteiger partial charge in [-0.2, -0.15) is 0 Å². The van der Waals surface area contributed by atoms with Gasteiger partial charge in [0.1, 0.15) is 24.4 Å². The molecule has 1 aromatic carbocycles. The third kappa shape index (κ3) is 12.8. The van der Waals surface area contributed by atoms with Crippen LogP contribution in [0.2, 0.25) is 5.02 Å². The van der Waals surface area contributed by atoms with Crippen LogP contribution >= 0.6 is 11.6 Å². The largest absolute Gasteiger partial charge is 0.491 e. The predicted molar refractivity (Wildman–Crippen MR) is 133 cm³/mol. The number of halogens is 1.